The normalized spacial score (nSPS) is 14.4. The van der Waals surface area contributed by atoms with E-state index in [0.29, 0.717) is 25.7 Å². The second-order valence-corrected chi connectivity index (χ2v) is 30.0. The van der Waals surface area contributed by atoms with Gasteiger partial charge in [-0.3, -0.25) is 37.3 Å². The Morgan fingerprint density at radius 3 is 0.826 bits per heavy atom. The van der Waals surface area contributed by atoms with Crippen molar-refractivity contribution in [2.45, 2.75) is 394 Å². The van der Waals surface area contributed by atoms with Crippen LogP contribution in [0.15, 0.2) is 0 Å². The quantitative estimate of drug-likeness (QED) is 0.0222. The molecule has 3 unspecified atom stereocenters. The van der Waals surface area contributed by atoms with Gasteiger partial charge in [0.05, 0.1) is 26.4 Å². The topological polar surface area (TPSA) is 237 Å². The van der Waals surface area contributed by atoms with E-state index in [4.69, 9.17) is 37.0 Å². The molecule has 0 aromatic carbocycles. The minimum atomic E-state index is -4.95. The summed E-state index contributed by atoms with van der Waals surface area (Å²) in [5.41, 5.74) is 0. The second kappa shape index (κ2) is 65.0. The van der Waals surface area contributed by atoms with Crippen molar-refractivity contribution in [1.82, 2.24) is 0 Å². The van der Waals surface area contributed by atoms with Gasteiger partial charge >= 0.3 is 39.5 Å². The van der Waals surface area contributed by atoms with Crippen LogP contribution in [0.1, 0.15) is 375 Å². The van der Waals surface area contributed by atoms with Crippen LogP contribution < -0.4 is 0 Å². The van der Waals surface area contributed by atoms with Gasteiger partial charge in [0, 0.05) is 25.7 Å². The minimum Gasteiger partial charge on any atom is -0.462 e. The molecule has 0 aliphatic carbocycles. The maximum absolute atomic E-state index is 13.1. The maximum atomic E-state index is 13.1. The first-order valence-corrected chi connectivity index (χ1v) is 41.0. The first kappa shape index (κ1) is 90.1. The van der Waals surface area contributed by atoms with E-state index >= 15 is 0 Å². The Hall–Kier alpha value is -1.94. The molecular weight excluding hydrogens is 1210 g/mol. The third-order valence-corrected chi connectivity index (χ3v) is 19.2. The van der Waals surface area contributed by atoms with E-state index in [9.17, 15) is 43.2 Å². The molecule has 0 spiro atoms. The third-order valence-electron chi connectivity index (χ3n) is 17.3. The Balaban J connectivity index is 5.22. The van der Waals surface area contributed by atoms with Gasteiger partial charge in [-0.2, -0.15) is 0 Å². The highest BCUT2D eigenvalue weighted by molar-refractivity contribution is 7.47. The Morgan fingerprint density at radius 2 is 0.554 bits per heavy atom. The van der Waals surface area contributed by atoms with Gasteiger partial charge in [0.25, 0.3) is 0 Å². The Morgan fingerprint density at radius 1 is 0.315 bits per heavy atom. The zero-order chi connectivity index (χ0) is 67.9. The summed E-state index contributed by atoms with van der Waals surface area (Å²) in [5.74, 6) is -0.607. The fraction of sp³-hybridized carbons (Fsp3) is 0.945. The maximum Gasteiger partial charge on any atom is 0.472 e. The monoisotopic (exact) mass is 1350 g/mol. The number of carbonyl (C=O) groups excluding carboxylic acids is 4. The number of esters is 4. The smallest absolute Gasteiger partial charge is 0.462 e. The molecule has 0 fully saturated rings. The number of hydrogen-bond acceptors (Lipinski definition) is 15. The molecule has 0 aromatic heterocycles. The molecule has 0 saturated carbocycles. The lowest BCUT2D eigenvalue weighted by Crippen LogP contribution is -2.30. The van der Waals surface area contributed by atoms with E-state index in [1.54, 1.807) is 0 Å². The predicted molar refractivity (Wildman–Crippen MR) is 372 cm³/mol. The summed E-state index contributed by atoms with van der Waals surface area (Å²) in [6.45, 7) is 9.53. The molecule has 0 radical (unpaired) electrons. The number of aliphatic hydroxyl groups excluding tert-OH is 1. The molecule has 0 aliphatic rings. The van der Waals surface area contributed by atoms with Crippen molar-refractivity contribution in [3.05, 3.63) is 0 Å². The average Bonchev–Trinajstić information content (AvgIpc) is 2.85. The van der Waals surface area contributed by atoms with Crippen LogP contribution in [0.5, 0.6) is 0 Å². The van der Waals surface area contributed by atoms with Crippen molar-refractivity contribution in [3.8, 4) is 0 Å². The average molecular weight is 1350 g/mol. The molecule has 0 amide bonds. The number of rotatable bonds is 72. The minimum absolute atomic E-state index is 0.103. The molecule has 0 bridgehead atoms. The lowest BCUT2D eigenvalue weighted by atomic mass is 10.00. The largest absolute Gasteiger partial charge is 0.472 e. The van der Waals surface area contributed by atoms with Gasteiger partial charge in [0.1, 0.15) is 19.3 Å². The van der Waals surface area contributed by atoms with Crippen LogP contribution >= 0.6 is 15.6 Å². The molecule has 546 valence electrons. The molecule has 0 rings (SSSR count). The van der Waals surface area contributed by atoms with E-state index in [2.05, 4.69) is 41.5 Å². The number of ether oxygens (including phenoxy) is 4. The van der Waals surface area contributed by atoms with E-state index in [0.717, 1.165) is 102 Å². The molecule has 0 aliphatic heterocycles. The lowest BCUT2D eigenvalue weighted by molar-refractivity contribution is -0.161. The molecule has 17 nitrogen and oxygen atoms in total. The van der Waals surface area contributed by atoms with Crippen molar-refractivity contribution < 1.29 is 80.2 Å². The summed E-state index contributed by atoms with van der Waals surface area (Å²) in [4.78, 5) is 72.6. The fourth-order valence-electron chi connectivity index (χ4n) is 11.1. The molecular formula is C73H142O17P2. The summed E-state index contributed by atoms with van der Waals surface area (Å²) in [7, 11) is -9.90. The molecule has 6 atom stereocenters. The second-order valence-electron chi connectivity index (χ2n) is 27.1. The van der Waals surface area contributed by atoms with E-state index in [-0.39, 0.29) is 25.7 Å². The predicted octanol–water partition coefficient (Wildman–Crippen LogP) is 21.2. The van der Waals surface area contributed by atoms with E-state index in [1.807, 2.05) is 0 Å². The van der Waals surface area contributed by atoms with Crippen molar-refractivity contribution in [1.29, 1.82) is 0 Å². The first-order chi connectivity index (χ1) is 44.4. The van der Waals surface area contributed by atoms with Gasteiger partial charge < -0.3 is 33.8 Å². The van der Waals surface area contributed by atoms with Gasteiger partial charge in [-0.15, -0.1) is 0 Å². The van der Waals surface area contributed by atoms with Gasteiger partial charge in [-0.05, 0) is 37.5 Å². The Bertz CT molecular complexity index is 1790. The Kier molecular flexibility index (Phi) is 63.7. The van der Waals surface area contributed by atoms with Crippen LogP contribution in [-0.4, -0.2) is 96.7 Å². The van der Waals surface area contributed by atoms with Crippen molar-refractivity contribution in [2.75, 3.05) is 39.6 Å². The zero-order valence-electron chi connectivity index (χ0n) is 59.9. The summed E-state index contributed by atoms with van der Waals surface area (Å²) < 4.78 is 68.3. The van der Waals surface area contributed by atoms with E-state index in [1.165, 1.54) is 193 Å². The van der Waals surface area contributed by atoms with Crippen molar-refractivity contribution in [2.24, 2.45) is 11.8 Å². The fourth-order valence-corrected chi connectivity index (χ4v) is 12.7. The molecule has 19 heteroatoms. The number of aliphatic hydroxyl groups is 1. The van der Waals surface area contributed by atoms with Crippen molar-refractivity contribution >= 4 is 39.5 Å². The van der Waals surface area contributed by atoms with Crippen LogP contribution in [0.25, 0.3) is 0 Å². The highest BCUT2D eigenvalue weighted by Crippen LogP contribution is 2.45. The van der Waals surface area contributed by atoms with E-state index < -0.39 is 97.5 Å². The molecule has 0 heterocycles. The highest BCUT2D eigenvalue weighted by Gasteiger charge is 2.30. The van der Waals surface area contributed by atoms with Gasteiger partial charge in [0.15, 0.2) is 12.2 Å². The number of hydrogen-bond donors (Lipinski definition) is 3. The number of phosphoric acid groups is 2. The summed E-state index contributed by atoms with van der Waals surface area (Å²) in [5, 5.41) is 10.6. The summed E-state index contributed by atoms with van der Waals surface area (Å²) in [6, 6.07) is 0. The zero-order valence-corrected chi connectivity index (χ0v) is 61.6. The van der Waals surface area contributed by atoms with Crippen LogP contribution in [0.4, 0.5) is 0 Å². The van der Waals surface area contributed by atoms with Gasteiger partial charge in [0.2, 0.25) is 0 Å². The van der Waals surface area contributed by atoms with Gasteiger partial charge in [-0.25, -0.2) is 9.13 Å². The summed E-state index contributed by atoms with van der Waals surface area (Å²) in [6.07, 6.45) is 51.4. The highest BCUT2D eigenvalue weighted by atomic mass is 31.2. The molecule has 92 heavy (non-hydrogen) atoms. The number of carbonyl (C=O) groups is 4. The van der Waals surface area contributed by atoms with Crippen molar-refractivity contribution in [3.63, 3.8) is 0 Å². The lowest BCUT2D eigenvalue weighted by Gasteiger charge is -2.21. The van der Waals surface area contributed by atoms with Crippen LogP contribution in [-0.2, 0) is 65.4 Å². The SMILES string of the molecule is CCCCCCCCCCCCCCCCCCC(=O)OC[C@H](COP(=O)(O)OC[C@@H](O)COP(=O)(O)OC[C@@H](COC(=O)CCCCCCCCCCC)OC(=O)CCCCCCCCC(C)CC)OC(=O)CCCCCCCCCCCCCCCCC(C)C. The summed E-state index contributed by atoms with van der Waals surface area (Å²) >= 11 is 0. The number of phosphoric ester groups is 2. The van der Waals surface area contributed by atoms with Gasteiger partial charge in [-0.1, -0.05) is 324 Å². The van der Waals surface area contributed by atoms with Crippen LogP contribution in [0.3, 0.4) is 0 Å². The molecule has 3 N–H and O–H groups in total. The standard InChI is InChI=1S/C73H142O17P2/c1-7-10-12-14-16-18-19-20-21-22-26-29-33-37-44-50-56-71(76)84-61-68(89-72(77)57-51-45-38-34-30-27-24-23-25-28-32-35-41-47-53-65(4)5)63-87-91(79,80)85-59-67(74)60-86-92(81,82)88-64-69(62-83-70(75)55-49-43-36-31-17-15-13-11-8-2)90-73(78)58-52-46-40-39-42-48-54-66(6)9-3/h65-69,74H,7-64H2,1-6H3,(H,79,80)(H,81,82)/t66?,67-,68-,69-/m1/s1. The number of unbranched alkanes of at least 4 members (excludes halogenated alkanes) is 41. The third kappa shape index (κ3) is 65.4. The molecule has 0 aromatic rings. The van der Waals surface area contributed by atoms with Crippen LogP contribution in [0, 0.1) is 11.8 Å². The Labute approximate surface area is 562 Å². The molecule has 0 saturated heterocycles. The first-order valence-electron chi connectivity index (χ1n) is 38.0. The van der Waals surface area contributed by atoms with Crippen LogP contribution in [0.2, 0.25) is 0 Å².